The molecule has 2 amide bonds. The van der Waals surface area contributed by atoms with E-state index in [-0.39, 0.29) is 5.92 Å². The smallest absolute Gasteiger partial charge is 0.403 e. The van der Waals surface area contributed by atoms with Gasteiger partial charge in [-0.15, -0.1) is 13.2 Å². The van der Waals surface area contributed by atoms with Gasteiger partial charge in [0.05, 0.1) is 5.69 Å². The van der Waals surface area contributed by atoms with Crippen molar-refractivity contribution in [1.82, 2.24) is 4.90 Å². The van der Waals surface area contributed by atoms with Gasteiger partial charge in [-0.1, -0.05) is 19.6 Å². The van der Waals surface area contributed by atoms with Crippen molar-refractivity contribution < 1.29 is 31.9 Å². The van der Waals surface area contributed by atoms with E-state index in [9.17, 15) is 27.2 Å². The second kappa shape index (κ2) is 7.12. The first-order valence-electron chi connectivity index (χ1n) is 7.40. The summed E-state index contributed by atoms with van der Waals surface area (Å²) in [5.74, 6) is -3.49. The molecule has 1 aliphatic rings. The third-order valence-corrected chi connectivity index (χ3v) is 3.72. The highest BCUT2D eigenvalue weighted by Gasteiger charge is 2.37. The molecule has 0 aromatic heterocycles. The summed E-state index contributed by atoms with van der Waals surface area (Å²) in [5, 5.41) is 2.22. The van der Waals surface area contributed by atoms with Gasteiger partial charge in [0.1, 0.15) is 6.04 Å². The number of halogens is 4. The van der Waals surface area contributed by atoms with E-state index in [1.807, 2.05) is 6.92 Å². The van der Waals surface area contributed by atoms with Gasteiger partial charge in [-0.25, -0.2) is 4.39 Å². The molecule has 1 fully saturated rings. The number of carbonyl (C=O) groups is 2. The predicted octanol–water partition coefficient (Wildman–Crippen LogP) is 3.09. The summed E-state index contributed by atoms with van der Waals surface area (Å²) in [6.45, 7) is 5.54. The van der Waals surface area contributed by atoms with Crippen molar-refractivity contribution in [3.63, 3.8) is 0 Å². The van der Waals surface area contributed by atoms with Crippen LogP contribution in [0.1, 0.15) is 13.3 Å². The van der Waals surface area contributed by atoms with Crippen LogP contribution in [0.25, 0.3) is 0 Å². The van der Waals surface area contributed by atoms with Crippen molar-refractivity contribution in [3.05, 3.63) is 36.7 Å². The Kier molecular flexibility index (Phi) is 5.34. The fraction of sp³-hybridized carbons (Fsp3) is 0.375. The van der Waals surface area contributed by atoms with Crippen LogP contribution in [0.2, 0.25) is 0 Å². The Morgan fingerprint density at radius 3 is 2.68 bits per heavy atom. The van der Waals surface area contributed by atoms with Crippen molar-refractivity contribution in [1.29, 1.82) is 0 Å². The number of ether oxygens (including phenoxy) is 1. The molecule has 2 rings (SSSR count). The van der Waals surface area contributed by atoms with Crippen LogP contribution in [0.5, 0.6) is 5.75 Å². The number of anilines is 1. The topological polar surface area (TPSA) is 58.6 Å². The third kappa shape index (κ3) is 4.49. The molecule has 0 spiro atoms. The maximum absolute atomic E-state index is 14.1. The van der Waals surface area contributed by atoms with Crippen molar-refractivity contribution in [2.45, 2.75) is 25.7 Å². The van der Waals surface area contributed by atoms with Crippen LogP contribution in [0.3, 0.4) is 0 Å². The summed E-state index contributed by atoms with van der Waals surface area (Å²) in [6, 6.07) is 2.16. The van der Waals surface area contributed by atoms with Crippen LogP contribution < -0.4 is 10.1 Å². The Hall–Kier alpha value is -2.58. The van der Waals surface area contributed by atoms with E-state index in [0.717, 1.165) is 24.3 Å². The minimum Gasteiger partial charge on any atom is -0.403 e. The van der Waals surface area contributed by atoms with E-state index in [1.165, 1.54) is 4.90 Å². The molecule has 1 N–H and O–H groups in total. The lowest BCUT2D eigenvalue weighted by Crippen LogP contribution is -2.42. The second-order valence-electron chi connectivity index (χ2n) is 5.71. The number of carbonyl (C=O) groups excluding carboxylic acids is 2. The van der Waals surface area contributed by atoms with Gasteiger partial charge in [0.15, 0.2) is 11.6 Å². The summed E-state index contributed by atoms with van der Waals surface area (Å²) >= 11 is 0. The lowest BCUT2D eigenvalue weighted by atomic mass is 10.1. The van der Waals surface area contributed by atoms with E-state index in [0.29, 0.717) is 13.0 Å². The predicted molar refractivity (Wildman–Crippen MR) is 81.2 cm³/mol. The normalized spacial score (nSPS) is 20.3. The lowest BCUT2D eigenvalue weighted by molar-refractivity contribution is -0.275. The zero-order valence-electron chi connectivity index (χ0n) is 13.3. The van der Waals surface area contributed by atoms with Crippen LogP contribution in [-0.4, -0.2) is 35.7 Å². The van der Waals surface area contributed by atoms with Gasteiger partial charge >= 0.3 is 6.36 Å². The first-order chi connectivity index (χ1) is 11.6. The van der Waals surface area contributed by atoms with Gasteiger partial charge in [0, 0.05) is 6.54 Å². The molecule has 0 unspecified atom stereocenters. The number of likely N-dealkylation sites (tertiary alicyclic amines) is 1. The Morgan fingerprint density at radius 2 is 2.08 bits per heavy atom. The van der Waals surface area contributed by atoms with Crippen molar-refractivity contribution in [2.75, 3.05) is 11.9 Å². The monoisotopic (exact) mass is 360 g/mol. The lowest BCUT2D eigenvalue weighted by Gasteiger charge is -2.22. The number of alkyl halides is 3. The van der Waals surface area contributed by atoms with Gasteiger partial charge in [0.25, 0.3) is 0 Å². The first kappa shape index (κ1) is 18.8. The third-order valence-electron chi connectivity index (χ3n) is 3.72. The number of amides is 2. The Bertz CT molecular complexity index is 690. The maximum atomic E-state index is 14.1. The standard InChI is InChI=1S/C16H16F4N2O3/c1-3-13(23)22-8-9(2)7-11(22)15(24)21-10-5-4-6-12(14(10)17)25-16(18,19)20/h3-6,9,11H,1,7-8H2,2H3,(H,21,24)/t9-,11+/m1/s1. The molecule has 1 saturated heterocycles. The van der Waals surface area contributed by atoms with Crippen LogP contribution >= 0.6 is 0 Å². The molecule has 0 radical (unpaired) electrons. The molecular formula is C16H16F4N2O3. The maximum Gasteiger partial charge on any atom is 0.573 e. The quantitative estimate of drug-likeness (QED) is 0.663. The van der Waals surface area contributed by atoms with Crippen LogP contribution in [-0.2, 0) is 9.59 Å². The van der Waals surface area contributed by atoms with E-state index in [1.54, 1.807) is 0 Å². The van der Waals surface area contributed by atoms with Gasteiger partial charge in [-0.05, 0) is 30.5 Å². The fourth-order valence-electron chi connectivity index (χ4n) is 2.68. The number of hydrogen-bond acceptors (Lipinski definition) is 3. The minimum atomic E-state index is -5.06. The number of hydrogen-bond donors (Lipinski definition) is 1. The largest absolute Gasteiger partial charge is 0.573 e. The van der Waals surface area contributed by atoms with E-state index in [4.69, 9.17) is 0 Å². The zero-order chi connectivity index (χ0) is 18.8. The Balaban J connectivity index is 2.19. The molecule has 2 atom stereocenters. The van der Waals surface area contributed by atoms with Crippen molar-refractivity contribution >= 4 is 17.5 Å². The second-order valence-corrected chi connectivity index (χ2v) is 5.71. The van der Waals surface area contributed by atoms with Gasteiger partial charge in [0.2, 0.25) is 11.8 Å². The molecular weight excluding hydrogens is 344 g/mol. The minimum absolute atomic E-state index is 0.0457. The Morgan fingerprint density at radius 1 is 1.40 bits per heavy atom. The first-order valence-corrected chi connectivity index (χ1v) is 7.40. The molecule has 1 heterocycles. The number of rotatable bonds is 4. The molecule has 1 aliphatic heterocycles. The zero-order valence-corrected chi connectivity index (χ0v) is 13.3. The summed E-state index contributed by atoms with van der Waals surface area (Å²) in [5.41, 5.74) is -0.461. The van der Waals surface area contributed by atoms with Crippen LogP contribution in [0.4, 0.5) is 23.2 Å². The highest BCUT2D eigenvalue weighted by atomic mass is 19.4. The van der Waals surface area contributed by atoms with E-state index in [2.05, 4.69) is 16.6 Å². The number of nitrogens with zero attached hydrogens (tertiary/aromatic N) is 1. The number of benzene rings is 1. The molecule has 5 nitrogen and oxygen atoms in total. The highest BCUT2D eigenvalue weighted by Crippen LogP contribution is 2.30. The molecule has 25 heavy (non-hydrogen) atoms. The molecule has 1 aromatic rings. The molecule has 1 aromatic carbocycles. The van der Waals surface area contributed by atoms with E-state index >= 15 is 0 Å². The SMILES string of the molecule is C=CC(=O)N1C[C@H](C)C[C@H]1C(=O)Nc1cccc(OC(F)(F)F)c1F. The molecule has 0 saturated carbocycles. The summed E-state index contributed by atoms with van der Waals surface area (Å²) < 4.78 is 54.4. The average Bonchev–Trinajstić information content (AvgIpc) is 2.91. The van der Waals surface area contributed by atoms with Crippen LogP contribution in [0, 0.1) is 11.7 Å². The molecule has 9 heteroatoms. The van der Waals surface area contributed by atoms with Gasteiger partial charge in [-0.2, -0.15) is 0 Å². The van der Waals surface area contributed by atoms with Crippen molar-refractivity contribution in [2.24, 2.45) is 5.92 Å². The summed E-state index contributed by atoms with van der Waals surface area (Å²) in [4.78, 5) is 25.5. The van der Waals surface area contributed by atoms with E-state index < -0.39 is 41.5 Å². The summed E-state index contributed by atoms with van der Waals surface area (Å²) in [7, 11) is 0. The fourth-order valence-corrected chi connectivity index (χ4v) is 2.68. The Labute approximate surface area is 141 Å². The number of nitrogens with one attached hydrogen (secondary N) is 1. The highest BCUT2D eigenvalue weighted by molar-refractivity contribution is 5.99. The summed E-state index contributed by atoms with van der Waals surface area (Å²) in [6.07, 6.45) is -3.64. The molecule has 0 aliphatic carbocycles. The molecule has 0 bridgehead atoms. The van der Waals surface area contributed by atoms with Gasteiger partial charge in [-0.3, -0.25) is 9.59 Å². The van der Waals surface area contributed by atoms with Gasteiger partial charge < -0.3 is 15.0 Å². The molecule has 136 valence electrons. The van der Waals surface area contributed by atoms with Crippen LogP contribution in [0.15, 0.2) is 30.9 Å². The van der Waals surface area contributed by atoms with Crippen molar-refractivity contribution in [3.8, 4) is 5.75 Å². The average molecular weight is 360 g/mol.